The van der Waals surface area contributed by atoms with Crippen LogP contribution in [-0.4, -0.2) is 41.9 Å². The topological polar surface area (TPSA) is 52.7 Å². The molecule has 26 heavy (non-hydrogen) atoms. The second-order valence-electron chi connectivity index (χ2n) is 6.41. The highest BCUT2D eigenvalue weighted by atomic mass is 32.1. The Morgan fingerprint density at radius 3 is 2.69 bits per heavy atom. The van der Waals surface area contributed by atoms with Crippen molar-refractivity contribution in [1.29, 1.82) is 0 Å². The van der Waals surface area contributed by atoms with Crippen LogP contribution < -0.4 is 5.32 Å². The smallest absolute Gasteiger partial charge is 0.322 e. The number of thiophene rings is 1. The normalized spacial score (nSPS) is 19.8. The molecule has 0 radical (unpaired) electrons. The van der Waals surface area contributed by atoms with E-state index in [0.29, 0.717) is 24.2 Å². The molecule has 2 aliphatic rings. The third-order valence-electron chi connectivity index (χ3n) is 4.85. The summed E-state index contributed by atoms with van der Waals surface area (Å²) in [5.41, 5.74) is 2.00. The Hall–Kier alpha value is -2.67. The van der Waals surface area contributed by atoms with E-state index in [-0.39, 0.29) is 17.8 Å². The first-order valence-electron chi connectivity index (χ1n) is 8.39. The number of benzene rings is 1. The van der Waals surface area contributed by atoms with Crippen LogP contribution in [0.25, 0.3) is 0 Å². The van der Waals surface area contributed by atoms with Gasteiger partial charge in [0, 0.05) is 18.5 Å². The molecule has 1 aromatic carbocycles. The fraction of sp³-hybridized carbons (Fsp3) is 0.263. The van der Waals surface area contributed by atoms with Crippen LogP contribution in [-0.2, 0) is 11.2 Å². The van der Waals surface area contributed by atoms with Crippen molar-refractivity contribution in [2.45, 2.75) is 12.5 Å². The quantitative estimate of drug-likeness (QED) is 0.899. The monoisotopic (exact) mass is 371 g/mol. The predicted octanol–water partition coefficient (Wildman–Crippen LogP) is 2.92. The lowest BCUT2D eigenvalue weighted by Gasteiger charge is -2.31. The summed E-state index contributed by atoms with van der Waals surface area (Å²) in [4.78, 5) is 29.8. The predicted molar refractivity (Wildman–Crippen MR) is 97.1 cm³/mol. The lowest BCUT2D eigenvalue weighted by Crippen LogP contribution is -2.45. The highest BCUT2D eigenvalue weighted by molar-refractivity contribution is 7.09. The number of urea groups is 1. The van der Waals surface area contributed by atoms with Crippen LogP contribution >= 0.6 is 11.3 Å². The second-order valence-corrected chi connectivity index (χ2v) is 7.44. The van der Waals surface area contributed by atoms with Gasteiger partial charge in [0.25, 0.3) is 5.91 Å². The van der Waals surface area contributed by atoms with Crippen molar-refractivity contribution >= 4 is 23.3 Å². The minimum Gasteiger partial charge on any atom is -0.333 e. The Kier molecular flexibility index (Phi) is 4.24. The Bertz CT molecular complexity index is 877. The van der Waals surface area contributed by atoms with Crippen LogP contribution in [0.2, 0.25) is 0 Å². The van der Waals surface area contributed by atoms with Gasteiger partial charge in [0.05, 0.1) is 23.9 Å². The molecule has 1 atom stereocenters. The Balaban J connectivity index is 1.61. The van der Waals surface area contributed by atoms with Crippen molar-refractivity contribution < 1.29 is 14.0 Å². The van der Waals surface area contributed by atoms with Gasteiger partial charge < -0.3 is 10.2 Å². The number of rotatable bonds is 4. The summed E-state index contributed by atoms with van der Waals surface area (Å²) >= 11 is 1.67. The average Bonchev–Trinajstić information content (AvgIpc) is 3.26. The molecule has 1 aromatic heterocycles. The molecule has 3 heterocycles. The summed E-state index contributed by atoms with van der Waals surface area (Å²) in [5, 5.41) is 4.87. The zero-order valence-corrected chi connectivity index (χ0v) is 15.1. The minimum absolute atomic E-state index is 0.0715. The van der Waals surface area contributed by atoms with Crippen LogP contribution in [0.3, 0.4) is 0 Å². The number of hydrogen-bond donors (Lipinski definition) is 1. The van der Waals surface area contributed by atoms with Gasteiger partial charge in [-0.05, 0) is 35.6 Å². The van der Waals surface area contributed by atoms with Gasteiger partial charge in [-0.3, -0.25) is 9.69 Å². The van der Waals surface area contributed by atoms with E-state index >= 15 is 0 Å². The van der Waals surface area contributed by atoms with Crippen molar-refractivity contribution in [3.8, 4) is 0 Å². The number of nitrogens with one attached hydrogen (secondary N) is 1. The number of carbonyl (C=O) groups excluding carboxylic acids is 2. The molecule has 0 aliphatic carbocycles. The van der Waals surface area contributed by atoms with E-state index in [9.17, 15) is 14.0 Å². The van der Waals surface area contributed by atoms with Crippen LogP contribution in [0.5, 0.6) is 0 Å². The molecule has 1 N–H and O–H groups in total. The summed E-state index contributed by atoms with van der Waals surface area (Å²) < 4.78 is 13.3. The van der Waals surface area contributed by atoms with Gasteiger partial charge in [0.15, 0.2) is 0 Å². The second kappa shape index (κ2) is 6.57. The van der Waals surface area contributed by atoms with Crippen molar-refractivity contribution in [2.75, 3.05) is 20.1 Å². The zero-order valence-electron chi connectivity index (χ0n) is 14.2. The maximum atomic E-state index is 13.3. The molecular weight excluding hydrogens is 353 g/mol. The van der Waals surface area contributed by atoms with Crippen molar-refractivity contribution in [1.82, 2.24) is 15.1 Å². The number of halogens is 1. The summed E-state index contributed by atoms with van der Waals surface area (Å²) in [6.45, 7) is 1.02. The van der Waals surface area contributed by atoms with E-state index in [1.807, 2.05) is 11.4 Å². The molecule has 0 bridgehead atoms. The van der Waals surface area contributed by atoms with Gasteiger partial charge >= 0.3 is 6.03 Å². The van der Waals surface area contributed by atoms with E-state index < -0.39 is 6.04 Å². The third-order valence-corrected chi connectivity index (χ3v) is 5.78. The molecule has 2 aromatic rings. The number of hydrogen-bond acceptors (Lipinski definition) is 3. The molecule has 2 aliphatic heterocycles. The van der Waals surface area contributed by atoms with E-state index in [2.05, 4.69) is 11.4 Å². The molecule has 0 saturated heterocycles. The number of carbonyl (C=O) groups is 2. The lowest BCUT2D eigenvalue weighted by atomic mass is 9.96. The summed E-state index contributed by atoms with van der Waals surface area (Å²) in [5.74, 6) is -0.421. The summed E-state index contributed by atoms with van der Waals surface area (Å²) in [6, 6.07) is 9.14. The van der Waals surface area contributed by atoms with Crippen LogP contribution in [0.15, 0.2) is 53.0 Å². The maximum absolute atomic E-state index is 13.3. The van der Waals surface area contributed by atoms with E-state index in [0.717, 1.165) is 12.1 Å². The first kappa shape index (κ1) is 16.8. The largest absolute Gasteiger partial charge is 0.333 e. The molecule has 0 spiro atoms. The molecule has 0 saturated carbocycles. The number of nitrogens with zero attached hydrogens (tertiary/aromatic N) is 2. The minimum atomic E-state index is -0.548. The summed E-state index contributed by atoms with van der Waals surface area (Å²) in [6.07, 6.45) is 0.788. The van der Waals surface area contributed by atoms with E-state index in [4.69, 9.17) is 0 Å². The molecule has 3 amide bonds. The van der Waals surface area contributed by atoms with Crippen LogP contribution in [0.4, 0.5) is 9.18 Å². The van der Waals surface area contributed by atoms with E-state index in [1.54, 1.807) is 35.4 Å². The third kappa shape index (κ3) is 2.88. The molecular formula is C19H18FN3O2S. The SMILES string of the molecule is CN1C(=O)NC(c2ccc(F)cc2)C2=C1CN(CCc1cccs1)C2=O. The van der Waals surface area contributed by atoms with Crippen molar-refractivity contribution in [3.63, 3.8) is 0 Å². The fourth-order valence-electron chi connectivity index (χ4n) is 3.41. The van der Waals surface area contributed by atoms with Gasteiger partial charge in [0.1, 0.15) is 5.82 Å². The first-order chi connectivity index (χ1) is 12.5. The van der Waals surface area contributed by atoms with Gasteiger partial charge in [0.2, 0.25) is 0 Å². The van der Waals surface area contributed by atoms with Crippen LogP contribution in [0, 0.1) is 5.82 Å². The van der Waals surface area contributed by atoms with Crippen molar-refractivity contribution in [2.24, 2.45) is 0 Å². The average molecular weight is 371 g/mol. The van der Waals surface area contributed by atoms with Gasteiger partial charge in [-0.1, -0.05) is 18.2 Å². The molecule has 134 valence electrons. The number of amides is 3. The fourth-order valence-corrected chi connectivity index (χ4v) is 4.11. The lowest BCUT2D eigenvalue weighted by molar-refractivity contribution is -0.125. The molecule has 5 nitrogen and oxygen atoms in total. The number of likely N-dealkylation sites (N-methyl/N-ethyl adjacent to an activating group) is 1. The van der Waals surface area contributed by atoms with Gasteiger partial charge in [-0.25, -0.2) is 9.18 Å². The highest BCUT2D eigenvalue weighted by Gasteiger charge is 2.42. The first-order valence-corrected chi connectivity index (χ1v) is 9.27. The molecule has 1 unspecified atom stereocenters. The molecule has 0 fully saturated rings. The Morgan fingerprint density at radius 1 is 1.23 bits per heavy atom. The zero-order chi connectivity index (χ0) is 18.3. The Morgan fingerprint density at radius 2 is 2.00 bits per heavy atom. The Labute approximate surface area is 154 Å². The van der Waals surface area contributed by atoms with Crippen LogP contribution in [0.1, 0.15) is 16.5 Å². The van der Waals surface area contributed by atoms with Crippen molar-refractivity contribution in [3.05, 3.63) is 69.3 Å². The summed E-state index contributed by atoms with van der Waals surface area (Å²) in [7, 11) is 1.67. The maximum Gasteiger partial charge on any atom is 0.322 e. The standard InChI is InChI=1S/C19H18FN3O2S/c1-22-15-11-23(9-8-14-3-2-10-26-14)18(24)16(15)17(21-19(22)25)12-4-6-13(20)7-5-12/h2-7,10,17H,8-9,11H2,1H3,(H,21,25). The molecule has 4 rings (SSSR count). The van der Waals surface area contributed by atoms with E-state index in [1.165, 1.54) is 21.9 Å². The molecule has 7 heteroatoms. The van der Waals surface area contributed by atoms with Gasteiger partial charge in [-0.15, -0.1) is 11.3 Å². The highest BCUT2D eigenvalue weighted by Crippen LogP contribution is 2.35. The van der Waals surface area contributed by atoms with Gasteiger partial charge in [-0.2, -0.15) is 0 Å².